The second-order valence-corrected chi connectivity index (χ2v) is 7.81. The number of aryl methyl sites for hydroxylation is 2. The SMILES string of the molecule is CCCCc1cc(O)ccc1N1CCN(c2ccc(O)cc2CCCC)CC1. The van der Waals surface area contributed by atoms with Gasteiger partial charge in [0.25, 0.3) is 0 Å². The molecule has 1 saturated heterocycles. The fraction of sp³-hybridized carbons (Fsp3) is 0.500. The van der Waals surface area contributed by atoms with Crippen molar-refractivity contribution in [1.29, 1.82) is 0 Å². The normalized spacial score (nSPS) is 14.5. The quantitative estimate of drug-likeness (QED) is 0.666. The molecule has 0 saturated carbocycles. The Morgan fingerprint density at radius 3 is 1.43 bits per heavy atom. The van der Waals surface area contributed by atoms with Crippen LogP contribution in [0.1, 0.15) is 50.7 Å². The van der Waals surface area contributed by atoms with Crippen LogP contribution in [-0.4, -0.2) is 36.4 Å². The maximum atomic E-state index is 9.90. The van der Waals surface area contributed by atoms with Gasteiger partial charge in [0.1, 0.15) is 11.5 Å². The molecule has 0 bridgehead atoms. The lowest BCUT2D eigenvalue weighted by atomic mass is 10.0. The zero-order valence-electron chi connectivity index (χ0n) is 17.3. The van der Waals surface area contributed by atoms with Crippen LogP contribution in [0.2, 0.25) is 0 Å². The lowest BCUT2D eigenvalue weighted by molar-refractivity contribution is 0.473. The van der Waals surface area contributed by atoms with Crippen LogP contribution < -0.4 is 9.80 Å². The molecule has 1 aliphatic heterocycles. The third-order valence-corrected chi connectivity index (χ3v) is 5.69. The van der Waals surface area contributed by atoms with Crippen LogP contribution in [-0.2, 0) is 12.8 Å². The summed E-state index contributed by atoms with van der Waals surface area (Å²) < 4.78 is 0. The molecular weight excluding hydrogens is 348 g/mol. The number of hydrogen-bond acceptors (Lipinski definition) is 4. The van der Waals surface area contributed by atoms with Crippen LogP contribution in [0.25, 0.3) is 0 Å². The molecule has 2 aromatic carbocycles. The van der Waals surface area contributed by atoms with E-state index in [9.17, 15) is 10.2 Å². The first-order valence-corrected chi connectivity index (χ1v) is 10.8. The Kier molecular flexibility index (Phi) is 7.07. The van der Waals surface area contributed by atoms with Gasteiger partial charge in [0.05, 0.1) is 0 Å². The average Bonchev–Trinajstić information content (AvgIpc) is 2.71. The van der Waals surface area contributed by atoms with Crippen molar-refractivity contribution in [2.24, 2.45) is 0 Å². The molecule has 0 aliphatic carbocycles. The Balaban J connectivity index is 1.72. The number of hydrogen-bond donors (Lipinski definition) is 2. The van der Waals surface area contributed by atoms with E-state index in [0.29, 0.717) is 11.5 Å². The Bertz CT molecular complexity index is 702. The number of piperazine rings is 1. The molecular formula is C24H34N2O2. The Morgan fingerprint density at radius 1 is 0.679 bits per heavy atom. The van der Waals surface area contributed by atoms with Crippen LogP contribution in [0.3, 0.4) is 0 Å². The van der Waals surface area contributed by atoms with E-state index < -0.39 is 0 Å². The van der Waals surface area contributed by atoms with Crippen molar-refractivity contribution in [3.05, 3.63) is 47.5 Å². The number of rotatable bonds is 8. The maximum absolute atomic E-state index is 9.90. The van der Waals surface area contributed by atoms with Gasteiger partial charge < -0.3 is 20.0 Å². The zero-order valence-corrected chi connectivity index (χ0v) is 17.3. The van der Waals surface area contributed by atoms with Crippen molar-refractivity contribution < 1.29 is 10.2 Å². The van der Waals surface area contributed by atoms with Crippen molar-refractivity contribution in [2.75, 3.05) is 36.0 Å². The summed E-state index contributed by atoms with van der Waals surface area (Å²) in [6.07, 6.45) is 6.63. The van der Waals surface area contributed by atoms with Gasteiger partial charge in [-0.05, 0) is 73.2 Å². The van der Waals surface area contributed by atoms with Crippen molar-refractivity contribution >= 4 is 11.4 Å². The molecule has 2 aromatic rings. The summed E-state index contributed by atoms with van der Waals surface area (Å²) in [5.74, 6) is 0.719. The summed E-state index contributed by atoms with van der Waals surface area (Å²) in [7, 11) is 0. The third-order valence-electron chi connectivity index (χ3n) is 5.69. The van der Waals surface area contributed by atoms with E-state index in [1.54, 1.807) is 12.1 Å². The highest BCUT2D eigenvalue weighted by Crippen LogP contribution is 2.31. The number of unbranched alkanes of at least 4 members (excludes halogenated alkanes) is 2. The van der Waals surface area contributed by atoms with Crippen molar-refractivity contribution in [3.8, 4) is 11.5 Å². The molecule has 4 nitrogen and oxygen atoms in total. The molecule has 0 spiro atoms. The second kappa shape index (κ2) is 9.72. The smallest absolute Gasteiger partial charge is 0.116 e. The van der Waals surface area contributed by atoms with Gasteiger partial charge in [0.15, 0.2) is 0 Å². The fourth-order valence-corrected chi connectivity index (χ4v) is 4.08. The van der Waals surface area contributed by atoms with Crippen LogP contribution in [0, 0.1) is 0 Å². The van der Waals surface area contributed by atoms with Gasteiger partial charge in [-0.15, -0.1) is 0 Å². The molecule has 1 aliphatic rings. The first-order valence-electron chi connectivity index (χ1n) is 10.8. The summed E-state index contributed by atoms with van der Waals surface area (Å²) >= 11 is 0. The van der Waals surface area contributed by atoms with Crippen molar-refractivity contribution in [1.82, 2.24) is 0 Å². The lowest BCUT2D eigenvalue weighted by Gasteiger charge is -2.39. The van der Waals surface area contributed by atoms with Crippen LogP contribution >= 0.6 is 0 Å². The molecule has 4 heteroatoms. The average molecular weight is 383 g/mol. The van der Waals surface area contributed by atoms with Crippen molar-refractivity contribution in [3.63, 3.8) is 0 Å². The summed E-state index contributed by atoms with van der Waals surface area (Å²) in [6.45, 7) is 8.29. The number of nitrogens with zero attached hydrogens (tertiary/aromatic N) is 2. The van der Waals surface area contributed by atoms with E-state index in [-0.39, 0.29) is 0 Å². The molecule has 0 unspecified atom stereocenters. The second-order valence-electron chi connectivity index (χ2n) is 7.81. The molecule has 152 valence electrons. The van der Waals surface area contributed by atoms with Crippen LogP contribution in [0.5, 0.6) is 11.5 Å². The van der Waals surface area contributed by atoms with Crippen LogP contribution in [0.15, 0.2) is 36.4 Å². The molecule has 3 rings (SSSR count). The van der Waals surface area contributed by atoms with E-state index in [4.69, 9.17) is 0 Å². The van der Waals surface area contributed by atoms with E-state index >= 15 is 0 Å². The molecule has 0 aromatic heterocycles. The highest BCUT2D eigenvalue weighted by atomic mass is 16.3. The van der Waals surface area contributed by atoms with E-state index in [0.717, 1.165) is 64.7 Å². The minimum Gasteiger partial charge on any atom is -0.508 e. The number of benzene rings is 2. The fourth-order valence-electron chi connectivity index (χ4n) is 4.08. The first-order chi connectivity index (χ1) is 13.6. The summed E-state index contributed by atoms with van der Waals surface area (Å²) in [4.78, 5) is 4.90. The molecule has 1 fully saturated rings. The van der Waals surface area contributed by atoms with Crippen LogP contribution in [0.4, 0.5) is 11.4 Å². The third kappa shape index (κ3) is 4.92. The Labute approximate surface area is 169 Å². The maximum Gasteiger partial charge on any atom is 0.116 e. The van der Waals surface area contributed by atoms with E-state index in [1.165, 1.54) is 22.5 Å². The molecule has 28 heavy (non-hydrogen) atoms. The van der Waals surface area contributed by atoms with Gasteiger partial charge in [-0.25, -0.2) is 0 Å². The predicted octanol–water partition coefficient (Wildman–Crippen LogP) is 5.11. The zero-order chi connectivity index (χ0) is 19.9. The number of phenolic OH excluding ortho intramolecular Hbond substituents is 2. The summed E-state index contributed by atoms with van der Waals surface area (Å²) in [5, 5.41) is 19.8. The Hall–Kier alpha value is -2.36. The van der Waals surface area contributed by atoms with Gasteiger partial charge in [0, 0.05) is 37.6 Å². The summed E-state index contributed by atoms with van der Waals surface area (Å²) in [5.41, 5.74) is 5.04. The molecule has 2 N–H and O–H groups in total. The van der Waals surface area contributed by atoms with Gasteiger partial charge in [0.2, 0.25) is 0 Å². The predicted molar refractivity (Wildman–Crippen MR) is 118 cm³/mol. The number of anilines is 2. The summed E-state index contributed by atoms with van der Waals surface area (Å²) in [6, 6.07) is 11.6. The minimum atomic E-state index is 0.359. The molecule has 0 radical (unpaired) electrons. The van der Waals surface area contributed by atoms with E-state index in [1.807, 2.05) is 12.1 Å². The highest BCUT2D eigenvalue weighted by molar-refractivity contribution is 5.60. The van der Waals surface area contributed by atoms with Gasteiger partial charge >= 0.3 is 0 Å². The minimum absolute atomic E-state index is 0.359. The largest absolute Gasteiger partial charge is 0.508 e. The first kappa shape index (κ1) is 20.4. The monoisotopic (exact) mass is 382 g/mol. The standard InChI is InChI=1S/C24H34N2O2/c1-3-5-7-19-17-21(27)9-11-23(19)25-13-15-26(16-14-25)24-12-10-22(28)18-20(24)8-6-4-2/h9-12,17-18,27-28H,3-8,13-16H2,1-2H3. The Morgan fingerprint density at radius 2 is 1.07 bits per heavy atom. The van der Waals surface area contributed by atoms with Gasteiger partial charge in [-0.1, -0.05) is 26.7 Å². The van der Waals surface area contributed by atoms with Gasteiger partial charge in [-0.2, -0.15) is 0 Å². The highest BCUT2D eigenvalue weighted by Gasteiger charge is 2.21. The molecule has 0 atom stereocenters. The molecule has 1 heterocycles. The lowest BCUT2D eigenvalue weighted by Crippen LogP contribution is -2.47. The van der Waals surface area contributed by atoms with E-state index in [2.05, 4.69) is 35.8 Å². The van der Waals surface area contributed by atoms with Crippen molar-refractivity contribution in [2.45, 2.75) is 52.4 Å². The molecule has 0 amide bonds. The number of phenols is 2. The number of aromatic hydroxyl groups is 2. The topological polar surface area (TPSA) is 46.9 Å². The van der Waals surface area contributed by atoms with Gasteiger partial charge in [-0.3, -0.25) is 0 Å².